The van der Waals surface area contributed by atoms with Crippen molar-refractivity contribution in [2.75, 3.05) is 27.7 Å². The Labute approximate surface area is 87.1 Å². The van der Waals surface area contributed by atoms with Crippen LogP contribution in [0.2, 0.25) is 0 Å². The number of nitrogens with one attached hydrogen (secondary N) is 1. The Morgan fingerprint density at radius 1 is 1.50 bits per heavy atom. The summed E-state index contributed by atoms with van der Waals surface area (Å²) in [6, 6.07) is 0.264. The number of rotatable bonds is 4. The van der Waals surface area contributed by atoms with Crippen LogP contribution < -0.4 is 5.32 Å². The van der Waals surface area contributed by atoms with Gasteiger partial charge in [0, 0.05) is 12.0 Å². The second kappa shape index (κ2) is 4.32. The molecule has 14 heavy (non-hydrogen) atoms. The van der Waals surface area contributed by atoms with Crippen molar-refractivity contribution >= 4 is 0 Å². The van der Waals surface area contributed by atoms with Crippen LogP contribution in [0.15, 0.2) is 11.8 Å². The van der Waals surface area contributed by atoms with E-state index in [0.29, 0.717) is 0 Å². The van der Waals surface area contributed by atoms with Gasteiger partial charge in [0.2, 0.25) is 0 Å². The fourth-order valence-electron chi connectivity index (χ4n) is 1.74. The fraction of sp³-hybridized carbons (Fsp3) is 0.818. The number of ether oxygens (including phenoxy) is 1. The van der Waals surface area contributed by atoms with Crippen molar-refractivity contribution in [1.29, 1.82) is 0 Å². The maximum absolute atomic E-state index is 5.61. The smallest absolute Gasteiger partial charge is 0.111 e. The summed E-state index contributed by atoms with van der Waals surface area (Å²) in [6.45, 7) is 5.27. The minimum absolute atomic E-state index is 0.0604. The van der Waals surface area contributed by atoms with Gasteiger partial charge in [0.25, 0.3) is 0 Å². The molecule has 1 aliphatic heterocycles. The first kappa shape index (κ1) is 11.5. The van der Waals surface area contributed by atoms with Crippen molar-refractivity contribution in [1.82, 2.24) is 10.2 Å². The predicted molar refractivity (Wildman–Crippen MR) is 59.3 cm³/mol. The minimum Gasteiger partial charge on any atom is -0.496 e. The quantitative estimate of drug-likeness (QED) is 0.735. The molecule has 1 heterocycles. The molecule has 0 amide bonds. The van der Waals surface area contributed by atoms with E-state index in [2.05, 4.69) is 44.2 Å². The van der Waals surface area contributed by atoms with Crippen LogP contribution in [0.4, 0.5) is 0 Å². The zero-order valence-electron chi connectivity index (χ0n) is 9.92. The van der Waals surface area contributed by atoms with Crippen molar-refractivity contribution in [3.05, 3.63) is 11.8 Å². The van der Waals surface area contributed by atoms with Gasteiger partial charge in [-0.25, -0.2) is 0 Å². The third-order valence-corrected chi connectivity index (χ3v) is 3.16. The van der Waals surface area contributed by atoms with E-state index in [1.807, 2.05) is 7.05 Å². The van der Waals surface area contributed by atoms with E-state index in [1.165, 1.54) is 0 Å². The molecule has 0 aliphatic carbocycles. The minimum atomic E-state index is 0.0604. The van der Waals surface area contributed by atoms with E-state index in [0.717, 1.165) is 18.8 Å². The second-order valence-electron chi connectivity index (χ2n) is 4.51. The number of hydrogen-bond acceptors (Lipinski definition) is 3. The topological polar surface area (TPSA) is 24.5 Å². The van der Waals surface area contributed by atoms with Gasteiger partial charge in [-0.3, -0.25) is 0 Å². The molecule has 1 atom stereocenters. The van der Waals surface area contributed by atoms with Gasteiger partial charge >= 0.3 is 0 Å². The maximum atomic E-state index is 5.61. The van der Waals surface area contributed by atoms with E-state index in [4.69, 9.17) is 4.74 Å². The lowest BCUT2D eigenvalue weighted by molar-refractivity contribution is 0.114. The molecular weight excluding hydrogens is 176 g/mol. The molecule has 3 heteroatoms. The monoisotopic (exact) mass is 198 g/mol. The number of hydrogen-bond donors (Lipinski definition) is 1. The number of nitrogens with zero attached hydrogens (tertiary/aromatic N) is 1. The van der Waals surface area contributed by atoms with Gasteiger partial charge < -0.3 is 15.0 Å². The normalized spacial score (nSPS) is 19.4. The van der Waals surface area contributed by atoms with Crippen LogP contribution in [0.1, 0.15) is 20.3 Å². The zero-order chi connectivity index (χ0) is 10.8. The first-order chi connectivity index (χ1) is 6.50. The summed E-state index contributed by atoms with van der Waals surface area (Å²) in [6.07, 6.45) is 3.23. The summed E-state index contributed by atoms with van der Waals surface area (Å²) in [5.74, 6) is 1.09. The lowest BCUT2D eigenvalue weighted by Gasteiger charge is -2.40. The second-order valence-corrected chi connectivity index (χ2v) is 4.51. The molecule has 0 bridgehead atoms. The molecule has 1 aliphatic rings. The van der Waals surface area contributed by atoms with E-state index < -0.39 is 0 Å². The molecule has 1 unspecified atom stereocenters. The summed E-state index contributed by atoms with van der Waals surface area (Å²) in [4.78, 5) is 2.22. The fourth-order valence-corrected chi connectivity index (χ4v) is 1.74. The van der Waals surface area contributed by atoms with E-state index in [9.17, 15) is 0 Å². The van der Waals surface area contributed by atoms with Gasteiger partial charge in [0.15, 0.2) is 0 Å². The van der Waals surface area contributed by atoms with Gasteiger partial charge in [0.05, 0.1) is 12.6 Å². The molecule has 0 aromatic rings. The molecule has 0 saturated heterocycles. The molecule has 0 radical (unpaired) electrons. The lowest BCUT2D eigenvalue weighted by Crippen LogP contribution is -2.55. The highest BCUT2D eigenvalue weighted by Crippen LogP contribution is 2.25. The standard InChI is InChI=1S/C11H22N2O/c1-11(2,13(4)5)10(12-3)9-7-6-8-14-9/h7,10,12H,6,8H2,1-5H3. The lowest BCUT2D eigenvalue weighted by atomic mass is 9.91. The molecule has 3 nitrogen and oxygen atoms in total. The molecule has 0 aromatic carbocycles. The highest BCUT2D eigenvalue weighted by atomic mass is 16.5. The molecule has 82 valence electrons. The Bertz CT molecular complexity index is 221. The largest absolute Gasteiger partial charge is 0.496 e. The highest BCUT2D eigenvalue weighted by Gasteiger charge is 2.35. The van der Waals surface area contributed by atoms with Crippen molar-refractivity contribution in [2.24, 2.45) is 0 Å². The Balaban J connectivity index is 2.79. The average Bonchev–Trinajstić information content (AvgIpc) is 2.57. The maximum Gasteiger partial charge on any atom is 0.111 e. The molecule has 0 aromatic heterocycles. The Kier molecular flexibility index (Phi) is 3.56. The third kappa shape index (κ3) is 2.10. The van der Waals surface area contributed by atoms with Crippen LogP contribution in [-0.4, -0.2) is 44.2 Å². The molecule has 0 spiro atoms. The number of likely N-dealkylation sites (N-methyl/N-ethyl adjacent to an activating group) is 2. The van der Waals surface area contributed by atoms with Crippen LogP contribution in [0.3, 0.4) is 0 Å². The summed E-state index contributed by atoms with van der Waals surface area (Å²) < 4.78 is 5.61. The first-order valence-electron chi connectivity index (χ1n) is 5.17. The molecule has 1 N–H and O–H groups in total. The molecule has 1 rings (SSSR count). The van der Waals surface area contributed by atoms with Crippen LogP contribution >= 0.6 is 0 Å². The highest BCUT2D eigenvalue weighted by molar-refractivity contribution is 5.14. The molecule has 0 saturated carbocycles. The van der Waals surface area contributed by atoms with Crippen molar-refractivity contribution in [3.8, 4) is 0 Å². The van der Waals surface area contributed by atoms with Gasteiger partial charge in [-0.2, -0.15) is 0 Å². The van der Waals surface area contributed by atoms with Gasteiger partial charge in [-0.05, 0) is 41.1 Å². The van der Waals surface area contributed by atoms with E-state index >= 15 is 0 Å². The van der Waals surface area contributed by atoms with Crippen molar-refractivity contribution < 1.29 is 4.74 Å². The summed E-state index contributed by atoms with van der Waals surface area (Å²) >= 11 is 0. The average molecular weight is 198 g/mol. The van der Waals surface area contributed by atoms with Crippen LogP contribution in [0, 0.1) is 0 Å². The van der Waals surface area contributed by atoms with E-state index in [1.54, 1.807) is 0 Å². The SMILES string of the molecule is CNC(C1=CCCO1)C(C)(C)N(C)C. The van der Waals surface area contributed by atoms with Gasteiger partial charge in [0.1, 0.15) is 5.76 Å². The Hall–Kier alpha value is -0.540. The summed E-state index contributed by atoms with van der Waals surface area (Å²) in [7, 11) is 6.18. The van der Waals surface area contributed by atoms with Gasteiger partial charge in [-0.1, -0.05) is 0 Å². The van der Waals surface area contributed by atoms with Crippen LogP contribution in [0.5, 0.6) is 0 Å². The first-order valence-corrected chi connectivity index (χ1v) is 5.17. The molecule has 0 fully saturated rings. The van der Waals surface area contributed by atoms with Crippen molar-refractivity contribution in [3.63, 3.8) is 0 Å². The zero-order valence-corrected chi connectivity index (χ0v) is 9.92. The van der Waals surface area contributed by atoms with Crippen LogP contribution in [0.25, 0.3) is 0 Å². The Morgan fingerprint density at radius 2 is 2.14 bits per heavy atom. The van der Waals surface area contributed by atoms with E-state index in [-0.39, 0.29) is 11.6 Å². The molecular formula is C11H22N2O. The predicted octanol–water partition coefficient (Wildman–Crippen LogP) is 1.22. The summed E-state index contributed by atoms with van der Waals surface area (Å²) in [5.41, 5.74) is 0.0604. The summed E-state index contributed by atoms with van der Waals surface area (Å²) in [5, 5.41) is 3.33. The third-order valence-electron chi connectivity index (χ3n) is 3.16. The van der Waals surface area contributed by atoms with Crippen molar-refractivity contribution in [2.45, 2.75) is 31.8 Å². The van der Waals surface area contributed by atoms with Crippen LogP contribution in [-0.2, 0) is 4.74 Å². The van der Waals surface area contributed by atoms with Gasteiger partial charge in [-0.15, -0.1) is 0 Å². The Morgan fingerprint density at radius 3 is 2.50 bits per heavy atom.